The summed E-state index contributed by atoms with van der Waals surface area (Å²) >= 11 is 0. The zero-order valence-electron chi connectivity index (χ0n) is 14.9. The van der Waals surface area contributed by atoms with Gasteiger partial charge in [0, 0.05) is 13.1 Å². The fraction of sp³-hybridized carbons (Fsp3) is 0.588. The first kappa shape index (κ1) is 20.4. The summed E-state index contributed by atoms with van der Waals surface area (Å²) in [5.74, 6) is 0.402. The highest BCUT2D eigenvalue weighted by atomic mass is 32.2. The number of carbonyl (C=O) groups excluding carboxylic acids is 1. The van der Waals surface area contributed by atoms with Crippen molar-refractivity contribution in [3.63, 3.8) is 0 Å². The molecule has 136 valence electrons. The van der Waals surface area contributed by atoms with Crippen molar-refractivity contribution in [1.29, 1.82) is 0 Å². The maximum Gasteiger partial charge on any atom is 0.241 e. The first-order valence-corrected chi connectivity index (χ1v) is 9.82. The molecule has 0 saturated heterocycles. The molecular weight excluding hydrogens is 328 g/mol. The fourth-order valence-corrected chi connectivity index (χ4v) is 3.20. The number of ether oxygens (including phenoxy) is 1. The summed E-state index contributed by atoms with van der Waals surface area (Å²) in [4.78, 5) is 14.0. The summed E-state index contributed by atoms with van der Waals surface area (Å²) in [5.41, 5.74) is 0. The van der Waals surface area contributed by atoms with Crippen molar-refractivity contribution >= 4 is 15.9 Å². The number of hydrogen-bond donors (Lipinski definition) is 1. The van der Waals surface area contributed by atoms with Gasteiger partial charge in [0.25, 0.3) is 0 Å². The molecule has 0 atom stereocenters. The molecular formula is C17H28N2O4S. The Bertz CT molecular complexity index is 606. The Morgan fingerprint density at radius 2 is 1.67 bits per heavy atom. The summed E-state index contributed by atoms with van der Waals surface area (Å²) in [6.07, 6.45) is 1.71. The second-order valence-electron chi connectivity index (χ2n) is 5.84. The Hall–Kier alpha value is -1.60. The van der Waals surface area contributed by atoms with E-state index in [9.17, 15) is 13.2 Å². The SMILES string of the molecule is CCCN(CCC)C(=O)CNS(=O)(=O)c1ccc(OC(C)C)cc1. The molecule has 1 amide bonds. The predicted molar refractivity (Wildman–Crippen MR) is 94.6 cm³/mol. The Morgan fingerprint density at radius 1 is 1.12 bits per heavy atom. The van der Waals surface area contributed by atoms with Gasteiger partial charge in [0.05, 0.1) is 17.5 Å². The number of hydrogen-bond acceptors (Lipinski definition) is 4. The van der Waals surface area contributed by atoms with E-state index in [1.165, 1.54) is 12.1 Å². The molecule has 0 unspecified atom stereocenters. The molecule has 1 aromatic rings. The van der Waals surface area contributed by atoms with Crippen LogP contribution in [0.5, 0.6) is 5.75 Å². The number of nitrogens with one attached hydrogen (secondary N) is 1. The summed E-state index contributed by atoms with van der Waals surface area (Å²) in [7, 11) is -3.72. The van der Waals surface area contributed by atoms with Crippen LogP contribution in [0.4, 0.5) is 0 Å². The largest absolute Gasteiger partial charge is 0.491 e. The molecule has 0 radical (unpaired) electrons. The average molecular weight is 356 g/mol. The third-order valence-electron chi connectivity index (χ3n) is 3.26. The molecule has 6 nitrogen and oxygen atoms in total. The van der Waals surface area contributed by atoms with Gasteiger partial charge < -0.3 is 9.64 Å². The first-order chi connectivity index (χ1) is 11.3. The van der Waals surface area contributed by atoms with E-state index >= 15 is 0 Å². The minimum atomic E-state index is -3.72. The van der Waals surface area contributed by atoms with Crippen molar-refractivity contribution in [3.05, 3.63) is 24.3 Å². The molecule has 0 aromatic heterocycles. The fourth-order valence-electron chi connectivity index (χ4n) is 2.22. The standard InChI is InChI=1S/C17H28N2O4S/c1-5-11-19(12-6-2)17(20)13-18-24(21,22)16-9-7-15(8-10-16)23-14(3)4/h7-10,14,18H,5-6,11-13H2,1-4H3. The minimum Gasteiger partial charge on any atom is -0.491 e. The van der Waals surface area contributed by atoms with Gasteiger partial charge in [-0.25, -0.2) is 13.1 Å². The van der Waals surface area contributed by atoms with E-state index in [0.717, 1.165) is 12.8 Å². The number of sulfonamides is 1. The lowest BCUT2D eigenvalue weighted by molar-refractivity contribution is -0.130. The summed E-state index contributed by atoms with van der Waals surface area (Å²) in [6.45, 7) is 8.81. The lowest BCUT2D eigenvalue weighted by Gasteiger charge is -2.21. The van der Waals surface area contributed by atoms with Crippen LogP contribution in [-0.2, 0) is 14.8 Å². The lowest BCUT2D eigenvalue weighted by atomic mass is 10.3. The first-order valence-electron chi connectivity index (χ1n) is 8.34. The number of amides is 1. The van der Waals surface area contributed by atoms with Gasteiger partial charge >= 0.3 is 0 Å². The monoisotopic (exact) mass is 356 g/mol. The van der Waals surface area contributed by atoms with Crippen LogP contribution in [0.3, 0.4) is 0 Å². The van der Waals surface area contributed by atoms with Crippen molar-refractivity contribution in [2.24, 2.45) is 0 Å². The summed E-state index contributed by atoms with van der Waals surface area (Å²) < 4.78 is 32.4. The molecule has 0 heterocycles. The second kappa shape index (κ2) is 9.64. The van der Waals surface area contributed by atoms with Crippen LogP contribution in [0.1, 0.15) is 40.5 Å². The maximum absolute atomic E-state index is 12.3. The lowest BCUT2D eigenvalue weighted by Crippen LogP contribution is -2.40. The average Bonchev–Trinajstić information content (AvgIpc) is 2.52. The summed E-state index contributed by atoms with van der Waals surface area (Å²) in [6, 6.07) is 6.16. The highest BCUT2D eigenvalue weighted by Crippen LogP contribution is 2.17. The van der Waals surface area contributed by atoms with Crippen LogP contribution in [0.25, 0.3) is 0 Å². The van der Waals surface area contributed by atoms with Gasteiger partial charge in [0.1, 0.15) is 5.75 Å². The number of nitrogens with zero attached hydrogens (tertiary/aromatic N) is 1. The van der Waals surface area contributed by atoms with Gasteiger partial charge in [-0.1, -0.05) is 13.8 Å². The minimum absolute atomic E-state index is 0.0197. The van der Waals surface area contributed by atoms with E-state index in [0.29, 0.717) is 18.8 Å². The van der Waals surface area contributed by atoms with E-state index < -0.39 is 10.0 Å². The maximum atomic E-state index is 12.3. The third-order valence-corrected chi connectivity index (χ3v) is 4.68. The molecule has 1 aromatic carbocycles. The van der Waals surface area contributed by atoms with E-state index in [4.69, 9.17) is 4.74 Å². The smallest absolute Gasteiger partial charge is 0.241 e. The third kappa shape index (κ3) is 6.49. The Balaban J connectivity index is 2.70. The van der Waals surface area contributed by atoms with Gasteiger partial charge in [0.15, 0.2) is 0 Å². The van der Waals surface area contributed by atoms with Crippen molar-refractivity contribution in [1.82, 2.24) is 9.62 Å². The Kier molecular flexibility index (Phi) is 8.21. The zero-order valence-corrected chi connectivity index (χ0v) is 15.7. The van der Waals surface area contributed by atoms with Crippen LogP contribution >= 0.6 is 0 Å². The molecule has 24 heavy (non-hydrogen) atoms. The molecule has 0 saturated carbocycles. The van der Waals surface area contributed by atoms with Gasteiger partial charge in [-0.05, 0) is 51.0 Å². The Morgan fingerprint density at radius 3 is 2.12 bits per heavy atom. The molecule has 0 bridgehead atoms. The highest BCUT2D eigenvalue weighted by Gasteiger charge is 2.18. The number of benzene rings is 1. The summed E-state index contributed by atoms with van der Waals surface area (Å²) in [5, 5.41) is 0. The second-order valence-corrected chi connectivity index (χ2v) is 7.61. The van der Waals surface area contributed by atoms with E-state index in [1.54, 1.807) is 17.0 Å². The van der Waals surface area contributed by atoms with Gasteiger partial charge in [-0.3, -0.25) is 4.79 Å². The molecule has 1 N–H and O–H groups in total. The van der Waals surface area contributed by atoms with Crippen LogP contribution in [-0.4, -0.2) is 45.0 Å². The van der Waals surface area contributed by atoms with Crippen molar-refractivity contribution in [3.8, 4) is 5.75 Å². The van der Waals surface area contributed by atoms with E-state index in [2.05, 4.69) is 4.72 Å². The predicted octanol–water partition coefficient (Wildman–Crippen LogP) is 2.40. The zero-order chi connectivity index (χ0) is 18.2. The Labute approximate surface area is 145 Å². The molecule has 0 fully saturated rings. The van der Waals surface area contributed by atoms with Crippen molar-refractivity contribution in [2.75, 3.05) is 19.6 Å². The highest BCUT2D eigenvalue weighted by molar-refractivity contribution is 7.89. The molecule has 0 aliphatic carbocycles. The topological polar surface area (TPSA) is 75.7 Å². The molecule has 0 aliphatic rings. The van der Waals surface area contributed by atoms with Crippen LogP contribution < -0.4 is 9.46 Å². The van der Waals surface area contributed by atoms with Gasteiger partial charge in [-0.15, -0.1) is 0 Å². The number of carbonyl (C=O) groups is 1. The normalized spacial score (nSPS) is 11.5. The van der Waals surface area contributed by atoms with Crippen LogP contribution in [0, 0.1) is 0 Å². The molecule has 1 rings (SSSR count). The molecule has 0 aliphatic heterocycles. The molecule has 0 spiro atoms. The molecule has 7 heteroatoms. The van der Waals surface area contributed by atoms with Crippen molar-refractivity contribution in [2.45, 2.75) is 51.5 Å². The number of rotatable bonds is 10. The van der Waals surface area contributed by atoms with E-state index in [1.807, 2.05) is 27.7 Å². The van der Waals surface area contributed by atoms with Gasteiger partial charge in [0.2, 0.25) is 15.9 Å². The van der Waals surface area contributed by atoms with Gasteiger partial charge in [-0.2, -0.15) is 0 Å². The van der Waals surface area contributed by atoms with Crippen LogP contribution in [0.15, 0.2) is 29.2 Å². The van der Waals surface area contributed by atoms with E-state index in [-0.39, 0.29) is 23.5 Å². The van der Waals surface area contributed by atoms with Crippen LogP contribution in [0.2, 0.25) is 0 Å². The van der Waals surface area contributed by atoms with Crippen molar-refractivity contribution < 1.29 is 17.9 Å². The quantitative estimate of drug-likeness (QED) is 0.698.